The quantitative estimate of drug-likeness (QED) is 0.856. The summed E-state index contributed by atoms with van der Waals surface area (Å²) in [4.78, 5) is 10.5. The highest BCUT2D eigenvalue weighted by Gasteiger charge is 2.06. The highest BCUT2D eigenvalue weighted by Crippen LogP contribution is 2.24. The second kappa shape index (κ2) is 6.21. The summed E-state index contributed by atoms with van der Waals surface area (Å²) in [7, 11) is 0. The molecule has 1 N–H and O–H groups in total. The van der Waals surface area contributed by atoms with Gasteiger partial charge in [0.1, 0.15) is 11.6 Å². The number of hydrogen-bond donors (Lipinski definition) is 1. The molecule has 1 aromatic heterocycles. The number of ether oxygens (including phenoxy) is 1. The molecule has 0 atom stereocenters. The lowest BCUT2D eigenvalue weighted by molar-refractivity contribution is -0.131. The molecule has 0 aliphatic heterocycles. The van der Waals surface area contributed by atoms with Crippen LogP contribution in [-0.4, -0.2) is 20.9 Å². The van der Waals surface area contributed by atoms with Gasteiger partial charge in [-0.1, -0.05) is 0 Å². The maximum Gasteiger partial charge on any atom is 0.328 e. The first-order valence-electron chi connectivity index (χ1n) is 6.37. The molecule has 0 aliphatic carbocycles. The van der Waals surface area contributed by atoms with Crippen molar-refractivity contribution < 1.29 is 19.0 Å². The largest absolute Gasteiger partial charge is 0.478 e. The summed E-state index contributed by atoms with van der Waals surface area (Å²) in [5.41, 5.74) is 0.406. The Bertz CT molecular complexity index is 677. The molecule has 0 saturated heterocycles. The Labute approximate surface area is 121 Å². The lowest BCUT2D eigenvalue weighted by Gasteiger charge is -2.05. The number of carbonyl (C=O) groups is 1. The molecule has 0 saturated carbocycles. The second-order valence-electron chi connectivity index (χ2n) is 4.74. The third kappa shape index (κ3) is 4.17. The van der Waals surface area contributed by atoms with Crippen molar-refractivity contribution in [1.82, 2.24) is 9.78 Å². The minimum Gasteiger partial charge on any atom is -0.478 e. The maximum atomic E-state index is 13.5. The van der Waals surface area contributed by atoms with Crippen molar-refractivity contribution in [2.45, 2.75) is 19.9 Å². The Morgan fingerprint density at radius 1 is 1.38 bits per heavy atom. The van der Waals surface area contributed by atoms with Crippen LogP contribution < -0.4 is 4.74 Å². The van der Waals surface area contributed by atoms with Crippen molar-refractivity contribution in [2.24, 2.45) is 0 Å². The SMILES string of the molecule is CC(C)n1cc(Oc2cc(F)cc(/C=C/C(=O)O)c2)cn1. The first-order valence-corrected chi connectivity index (χ1v) is 6.37. The molecule has 0 unspecified atom stereocenters. The van der Waals surface area contributed by atoms with Crippen molar-refractivity contribution >= 4 is 12.0 Å². The zero-order chi connectivity index (χ0) is 15.4. The van der Waals surface area contributed by atoms with Gasteiger partial charge in [-0.15, -0.1) is 0 Å². The molecule has 1 aromatic carbocycles. The van der Waals surface area contributed by atoms with E-state index in [0.717, 1.165) is 6.08 Å². The van der Waals surface area contributed by atoms with Crippen LogP contribution in [0.1, 0.15) is 25.5 Å². The van der Waals surface area contributed by atoms with Crippen LogP contribution in [0.5, 0.6) is 11.5 Å². The standard InChI is InChI=1S/C15H15FN2O3/c1-10(2)18-9-14(8-17-18)21-13-6-11(3-4-15(19)20)5-12(16)7-13/h3-10H,1-2H3,(H,19,20)/b4-3+. The van der Waals surface area contributed by atoms with Gasteiger partial charge in [-0.25, -0.2) is 9.18 Å². The molecule has 110 valence electrons. The van der Waals surface area contributed by atoms with Gasteiger partial charge in [0.25, 0.3) is 0 Å². The third-order valence-corrected chi connectivity index (χ3v) is 2.65. The van der Waals surface area contributed by atoms with Crippen molar-refractivity contribution in [2.75, 3.05) is 0 Å². The fourth-order valence-electron chi connectivity index (χ4n) is 1.70. The average Bonchev–Trinajstić information content (AvgIpc) is 2.84. The summed E-state index contributed by atoms with van der Waals surface area (Å²) in [5, 5.41) is 12.7. The van der Waals surface area contributed by atoms with Crippen LogP contribution in [0.3, 0.4) is 0 Å². The van der Waals surface area contributed by atoms with Crippen molar-refractivity contribution in [3.8, 4) is 11.5 Å². The smallest absolute Gasteiger partial charge is 0.328 e. The molecule has 2 aromatic rings. The molecule has 6 heteroatoms. The maximum absolute atomic E-state index is 13.5. The van der Waals surface area contributed by atoms with E-state index in [0.29, 0.717) is 11.3 Å². The number of hydrogen-bond acceptors (Lipinski definition) is 3. The van der Waals surface area contributed by atoms with Gasteiger partial charge in [-0.2, -0.15) is 5.10 Å². The predicted molar refractivity (Wildman–Crippen MR) is 75.8 cm³/mol. The number of aromatic nitrogens is 2. The molecule has 0 spiro atoms. The second-order valence-corrected chi connectivity index (χ2v) is 4.74. The number of nitrogens with zero attached hydrogens (tertiary/aromatic N) is 2. The molecule has 1 heterocycles. The molecule has 0 radical (unpaired) electrons. The van der Waals surface area contributed by atoms with E-state index < -0.39 is 11.8 Å². The minimum absolute atomic E-state index is 0.198. The minimum atomic E-state index is -1.10. The van der Waals surface area contributed by atoms with Crippen LogP contribution in [0, 0.1) is 5.82 Å². The van der Waals surface area contributed by atoms with Gasteiger partial charge in [0, 0.05) is 18.2 Å². The third-order valence-electron chi connectivity index (χ3n) is 2.65. The molecular weight excluding hydrogens is 275 g/mol. The van der Waals surface area contributed by atoms with E-state index >= 15 is 0 Å². The van der Waals surface area contributed by atoms with Crippen LogP contribution in [0.15, 0.2) is 36.7 Å². The van der Waals surface area contributed by atoms with E-state index in [1.54, 1.807) is 16.9 Å². The van der Waals surface area contributed by atoms with E-state index in [4.69, 9.17) is 9.84 Å². The van der Waals surface area contributed by atoms with Gasteiger partial charge in [0.05, 0.1) is 12.4 Å². The Hall–Kier alpha value is -2.63. The van der Waals surface area contributed by atoms with Crippen LogP contribution in [0.4, 0.5) is 4.39 Å². The number of rotatable bonds is 5. The number of carboxylic acids is 1. The van der Waals surface area contributed by atoms with E-state index in [1.807, 2.05) is 13.8 Å². The Kier molecular flexibility index (Phi) is 4.37. The molecule has 0 fully saturated rings. The van der Waals surface area contributed by atoms with E-state index in [1.165, 1.54) is 24.4 Å². The van der Waals surface area contributed by atoms with Crippen LogP contribution in [0.2, 0.25) is 0 Å². The molecule has 2 rings (SSSR count). The van der Waals surface area contributed by atoms with Crippen LogP contribution in [-0.2, 0) is 4.79 Å². The molecule has 0 bridgehead atoms. The predicted octanol–water partition coefficient (Wildman–Crippen LogP) is 3.49. The summed E-state index contributed by atoms with van der Waals surface area (Å²) in [5.74, 6) is -0.834. The summed E-state index contributed by atoms with van der Waals surface area (Å²) < 4.78 is 20.8. The highest BCUT2D eigenvalue weighted by molar-refractivity contribution is 5.85. The zero-order valence-corrected chi connectivity index (χ0v) is 11.7. The molecule has 0 amide bonds. The van der Waals surface area contributed by atoms with E-state index in [2.05, 4.69) is 5.10 Å². The van der Waals surface area contributed by atoms with E-state index in [9.17, 15) is 9.18 Å². The van der Waals surface area contributed by atoms with Crippen LogP contribution >= 0.6 is 0 Å². The van der Waals surface area contributed by atoms with E-state index in [-0.39, 0.29) is 11.8 Å². The monoisotopic (exact) mass is 290 g/mol. The van der Waals surface area contributed by atoms with Crippen LogP contribution in [0.25, 0.3) is 6.08 Å². The Balaban J connectivity index is 2.21. The first-order chi connectivity index (χ1) is 9.94. The van der Waals surface area contributed by atoms with Gasteiger partial charge in [0.2, 0.25) is 0 Å². The summed E-state index contributed by atoms with van der Waals surface area (Å²) >= 11 is 0. The normalized spacial score (nSPS) is 11.2. The van der Waals surface area contributed by atoms with Crippen molar-refractivity contribution in [3.05, 3.63) is 48.0 Å². The Morgan fingerprint density at radius 2 is 2.14 bits per heavy atom. The average molecular weight is 290 g/mol. The van der Waals surface area contributed by atoms with Gasteiger partial charge in [0.15, 0.2) is 5.75 Å². The topological polar surface area (TPSA) is 64.3 Å². The van der Waals surface area contributed by atoms with Gasteiger partial charge in [-0.3, -0.25) is 4.68 Å². The van der Waals surface area contributed by atoms with Gasteiger partial charge < -0.3 is 9.84 Å². The van der Waals surface area contributed by atoms with Gasteiger partial charge in [-0.05, 0) is 37.6 Å². The molecule has 0 aliphatic rings. The lowest BCUT2D eigenvalue weighted by atomic mass is 10.2. The molecular formula is C15H15FN2O3. The highest BCUT2D eigenvalue weighted by atomic mass is 19.1. The zero-order valence-electron chi connectivity index (χ0n) is 11.7. The molecule has 5 nitrogen and oxygen atoms in total. The number of aliphatic carboxylic acids is 1. The first kappa shape index (κ1) is 14.8. The van der Waals surface area contributed by atoms with Crippen molar-refractivity contribution in [1.29, 1.82) is 0 Å². The fraction of sp³-hybridized carbons (Fsp3) is 0.200. The summed E-state index contributed by atoms with van der Waals surface area (Å²) in [6.45, 7) is 3.96. The van der Waals surface area contributed by atoms with Gasteiger partial charge >= 0.3 is 5.97 Å². The number of benzene rings is 1. The molecule has 21 heavy (non-hydrogen) atoms. The fourth-order valence-corrected chi connectivity index (χ4v) is 1.70. The lowest BCUT2D eigenvalue weighted by Crippen LogP contribution is -1.99. The Morgan fingerprint density at radius 3 is 2.76 bits per heavy atom. The summed E-state index contributed by atoms with van der Waals surface area (Å²) in [6.07, 6.45) is 5.49. The number of carboxylic acid groups (broad SMARTS) is 1. The van der Waals surface area contributed by atoms with Crippen molar-refractivity contribution in [3.63, 3.8) is 0 Å². The summed E-state index contributed by atoms with van der Waals surface area (Å²) in [6, 6.07) is 4.20. The number of halogens is 1.